The minimum atomic E-state index is 0.480. The third kappa shape index (κ3) is 3.50. The van der Waals surface area contributed by atoms with E-state index in [2.05, 4.69) is 41.6 Å². The maximum atomic E-state index is 5.64. The number of hydrogen-bond acceptors (Lipinski definition) is 6. The maximum Gasteiger partial charge on any atom is 0.248 e. The van der Waals surface area contributed by atoms with Crippen molar-refractivity contribution in [2.45, 2.75) is 13.1 Å². The van der Waals surface area contributed by atoms with Crippen LogP contribution in [0, 0.1) is 0 Å². The van der Waals surface area contributed by atoms with Crippen molar-refractivity contribution in [3.05, 3.63) is 58.7 Å². The van der Waals surface area contributed by atoms with Gasteiger partial charge in [0.2, 0.25) is 11.8 Å². The quantitative estimate of drug-likeness (QED) is 0.765. The summed E-state index contributed by atoms with van der Waals surface area (Å²) in [7, 11) is 0. The number of nitrogens with one attached hydrogen (secondary N) is 1. The number of aromatic nitrogens is 4. The first kappa shape index (κ1) is 13.8. The summed E-state index contributed by atoms with van der Waals surface area (Å²) < 4.78 is 6.56. The second-order valence-corrected chi connectivity index (χ2v) is 5.15. The van der Waals surface area contributed by atoms with Crippen molar-refractivity contribution < 1.29 is 4.42 Å². The third-order valence-electron chi connectivity index (χ3n) is 2.78. The summed E-state index contributed by atoms with van der Waals surface area (Å²) in [4.78, 5) is 0. The lowest BCUT2D eigenvalue weighted by molar-refractivity contribution is 0.475. The van der Waals surface area contributed by atoms with E-state index in [4.69, 9.17) is 4.42 Å². The summed E-state index contributed by atoms with van der Waals surface area (Å²) in [6.07, 6.45) is 1.64. The van der Waals surface area contributed by atoms with Gasteiger partial charge in [-0.3, -0.25) is 0 Å². The Bertz CT molecular complexity index is 716. The molecule has 3 aromatic rings. The van der Waals surface area contributed by atoms with Crippen molar-refractivity contribution in [2.24, 2.45) is 0 Å². The number of hydrogen-bond donors (Lipinski definition) is 1. The van der Waals surface area contributed by atoms with Crippen LogP contribution < -0.4 is 5.32 Å². The van der Waals surface area contributed by atoms with E-state index in [1.165, 1.54) is 0 Å². The molecule has 21 heavy (non-hydrogen) atoms. The highest BCUT2D eigenvalue weighted by Gasteiger charge is 2.10. The van der Waals surface area contributed by atoms with Crippen LogP contribution in [0.5, 0.6) is 0 Å². The average molecular weight is 346 g/mol. The largest absolute Gasteiger partial charge is 0.419 e. The molecule has 1 N–H and O–H groups in total. The Kier molecular flexibility index (Phi) is 4.32. The Morgan fingerprint density at radius 2 is 1.90 bits per heavy atom. The molecule has 0 spiro atoms. The molecule has 0 fully saturated rings. The second kappa shape index (κ2) is 6.55. The minimum absolute atomic E-state index is 0.480. The van der Waals surface area contributed by atoms with Gasteiger partial charge in [0.05, 0.1) is 17.8 Å². The van der Waals surface area contributed by atoms with Crippen LogP contribution in [0.1, 0.15) is 11.6 Å². The van der Waals surface area contributed by atoms with Crippen molar-refractivity contribution in [3.8, 4) is 11.5 Å². The van der Waals surface area contributed by atoms with Gasteiger partial charge in [-0.15, -0.1) is 10.2 Å². The van der Waals surface area contributed by atoms with Gasteiger partial charge in [0.15, 0.2) is 0 Å². The van der Waals surface area contributed by atoms with Crippen molar-refractivity contribution in [3.63, 3.8) is 0 Å². The first-order valence-corrected chi connectivity index (χ1v) is 7.17. The zero-order valence-electron chi connectivity index (χ0n) is 11.0. The molecule has 0 aliphatic carbocycles. The highest BCUT2D eigenvalue weighted by molar-refractivity contribution is 9.10. The number of benzene rings is 1. The van der Waals surface area contributed by atoms with Gasteiger partial charge in [-0.2, -0.15) is 10.2 Å². The molecular weight excluding hydrogens is 334 g/mol. The van der Waals surface area contributed by atoms with Gasteiger partial charge in [-0.25, -0.2) is 0 Å². The standard InChI is InChI=1S/C14H12BrN5O/c15-12-6-2-1-5-11(12)14-20-19-13(21-14)9-16-8-10-4-3-7-17-18-10/h1-7,16H,8-9H2. The second-order valence-electron chi connectivity index (χ2n) is 4.30. The lowest BCUT2D eigenvalue weighted by Crippen LogP contribution is -2.14. The summed E-state index contributed by atoms with van der Waals surface area (Å²) in [6, 6.07) is 11.5. The first-order chi connectivity index (χ1) is 10.3. The molecule has 0 saturated carbocycles. The molecule has 7 heteroatoms. The maximum absolute atomic E-state index is 5.64. The van der Waals surface area contributed by atoms with Crippen LogP contribution in [0.15, 0.2) is 51.5 Å². The van der Waals surface area contributed by atoms with E-state index in [0.29, 0.717) is 24.9 Å². The Morgan fingerprint density at radius 3 is 2.71 bits per heavy atom. The van der Waals surface area contributed by atoms with Crippen LogP contribution in [0.2, 0.25) is 0 Å². The highest BCUT2D eigenvalue weighted by atomic mass is 79.9. The Hall–Kier alpha value is -2.12. The van der Waals surface area contributed by atoms with E-state index in [9.17, 15) is 0 Å². The Balaban J connectivity index is 1.62. The van der Waals surface area contributed by atoms with Gasteiger partial charge >= 0.3 is 0 Å². The first-order valence-electron chi connectivity index (χ1n) is 6.37. The van der Waals surface area contributed by atoms with E-state index in [1.54, 1.807) is 6.20 Å². The summed E-state index contributed by atoms with van der Waals surface area (Å²) in [5.74, 6) is 1.03. The average Bonchev–Trinajstić information content (AvgIpc) is 2.97. The molecule has 0 atom stereocenters. The van der Waals surface area contributed by atoms with Crippen LogP contribution >= 0.6 is 15.9 Å². The van der Waals surface area contributed by atoms with Gasteiger partial charge in [-0.05, 0) is 40.2 Å². The van der Waals surface area contributed by atoms with Crippen LogP contribution in [0.4, 0.5) is 0 Å². The molecule has 3 rings (SSSR count). The predicted octanol–water partition coefficient (Wildman–Crippen LogP) is 2.58. The van der Waals surface area contributed by atoms with Crippen molar-refractivity contribution in [1.29, 1.82) is 0 Å². The van der Waals surface area contributed by atoms with Gasteiger partial charge in [0.1, 0.15) is 0 Å². The van der Waals surface area contributed by atoms with Crippen LogP contribution in [-0.2, 0) is 13.1 Å². The Morgan fingerprint density at radius 1 is 1.00 bits per heavy atom. The van der Waals surface area contributed by atoms with Crippen LogP contribution in [0.3, 0.4) is 0 Å². The number of nitrogens with zero attached hydrogens (tertiary/aromatic N) is 4. The SMILES string of the molecule is Brc1ccccc1-c1nnc(CNCc2cccnn2)o1. The van der Waals surface area contributed by atoms with Crippen LogP contribution in [-0.4, -0.2) is 20.4 Å². The topological polar surface area (TPSA) is 76.7 Å². The molecular formula is C14H12BrN5O. The van der Waals surface area contributed by atoms with Crippen molar-refractivity contribution >= 4 is 15.9 Å². The zero-order valence-corrected chi connectivity index (χ0v) is 12.6. The molecule has 6 nitrogen and oxygen atoms in total. The molecule has 0 aliphatic rings. The molecule has 1 aromatic carbocycles. The molecule has 0 saturated heterocycles. The summed E-state index contributed by atoms with van der Waals surface area (Å²) >= 11 is 3.47. The molecule has 0 unspecified atom stereocenters. The fourth-order valence-corrected chi connectivity index (χ4v) is 2.25. The lowest BCUT2D eigenvalue weighted by Gasteiger charge is -2.00. The summed E-state index contributed by atoms with van der Waals surface area (Å²) in [6.45, 7) is 1.08. The highest BCUT2D eigenvalue weighted by Crippen LogP contribution is 2.26. The molecule has 0 aliphatic heterocycles. The summed E-state index contributed by atoms with van der Waals surface area (Å²) in [5.41, 5.74) is 1.74. The molecule has 2 heterocycles. The fraction of sp³-hybridized carbons (Fsp3) is 0.143. The minimum Gasteiger partial charge on any atom is -0.419 e. The van der Waals surface area contributed by atoms with Crippen molar-refractivity contribution in [1.82, 2.24) is 25.7 Å². The third-order valence-corrected chi connectivity index (χ3v) is 3.47. The smallest absolute Gasteiger partial charge is 0.248 e. The lowest BCUT2D eigenvalue weighted by atomic mass is 10.2. The summed E-state index contributed by atoms with van der Waals surface area (Å²) in [5, 5.41) is 19.1. The van der Waals surface area contributed by atoms with E-state index in [1.807, 2.05) is 36.4 Å². The monoisotopic (exact) mass is 345 g/mol. The number of rotatable bonds is 5. The van der Waals surface area contributed by atoms with E-state index >= 15 is 0 Å². The molecule has 0 radical (unpaired) electrons. The Labute approximate surface area is 129 Å². The molecule has 0 amide bonds. The molecule has 0 bridgehead atoms. The van der Waals surface area contributed by atoms with Gasteiger partial charge < -0.3 is 9.73 Å². The van der Waals surface area contributed by atoms with Crippen molar-refractivity contribution in [2.75, 3.05) is 0 Å². The van der Waals surface area contributed by atoms with Gasteiger partial charge in [0.25, 0.3) is 0 Å². The van der Waals surface area contributed by atoms with Gasteiger partial charge in [-0.1, -0.05) is 12.1 Å². The van der Waals surface area contributed by atoms with E-state index < -0.39 is 0 Å². The molecule has 106 valence electrons. The van der Waals surface area contributed by atoms with Gasteiger partial charge in [0, 0.05) is 17.2 Å². The zero-order chi connectivity index (χ0) is 14.5. The predicted molar refractivity (Wildman–Crippen MR) is 80.0 cm³/mol. The fourth-order valence-electron chi connectivity index (χ4n) is 1.79. The number of halogens is 1. The van der Waals surface area contributed by atoms with Crippen LogP contribution in [0.25, 0.3) is 11.5 Å². The van der Waals surface area contributed by atoms with E-state index in [0.717, 1.165) is 15.7 Å². The molecule has 2 aromatic heterocycles. The normalized spacial score (nSPS) is 10.7. The van der Waals surface area contributed by atoms with E-state index in [-0.39, 0.29) is 0 Å².